The van der Waals surface area contributed by atoms with Gasteiger partial charge in [0.05, 0.1) is 31.7 Å². The van der Waals surface area contributed by atoms with E-state index in [0.29, 0.717) is 11.7 Å². The number of amides is 1. The minimum Gasteiger partial charge on any atom is -0.302 e. The van der Waals surface area contributed by atoms with Gasteiger partial charge in [-0.25, -0.2) is 4.98 Å². The fourth-order valence-corrected chi connectivity index (χ4v) is 4.50. The third-order valence-corrected chi connectivity index (χ3v) is 6.47. The molecule has 1 aromatic heterocycles. The van der Waals surface area contributed by atoms with Crippen molar-refractivity contribution in [2.75, 3.05) is 31.1 Å². The molecule has 0 unspecified atom stereocenters. The summed E-state index contributed by atoms with van der Waals surface area (Å²) < 4.78 is 0.926. The van der Waals surface area contributed by atoms with Crippen molar-refractivity contribution < 1.29 is 14.6 Å². The number of carbonyl (C=O) groups excluding carboxylic acids is 1. The summed E-state index contributed by atoms with van der Waals surface area (Å²) in [4.78, 5) is 42.8. The van der Waals surface area contributed by atoms with E-state index in [0.717, 1.165) is 53.5 Å². The van der Waals surface area contributed by atoms with E-state index in [1.807, 2.05) is 32.0 Å². The van der Waals surface area contributed by atoms with Crippen LogP contribution in [0.3, 0.4) is 0 Å². The van der Waals surface area contributed by atoms with Crippen molar-refractivity contribution in [1.29, 1.82) is 0 Å². The quantitative estimate of drug-likeness (QED) is 0.311. The summed E-state index contributed by atoms with van der Waals surface area (Å²) in [7, 11) is 0. The zero-order valence-electron chi connectivity index (χ0n) is 18.7. The maximum atomic E-state index is 13.5. The molecule has 0 aliphatic carbocycles. The molecule has 1 heterocycles. The second-order valence-corrected chi connectivity index (χ2v) is 8.40. The number of nitro groups is 2. The molecule has 0 aliphatic heterocycles. The monoisotopic (exact) mass is 471 g/mol. The molecule has 0 radical (unpaired) electrons. The Morgan fingerprint density at radius 2 is 1.61 bits per heavy atom. The zero-order chi connectivity index (χ0) is 24.1. The van der Waals surface area contributed by atoms with Gasteiger partial charge in [0.2, 0.25) is 0 Å². The minimum atomic E-state index is -0.742. The molecule has 0 bridgehead atoms. The van der Waals surface area contributed by atoms with Gasteiger partial charge in [-0.2, -0.15) is 0 Å². The maximum Gasteiger partial charge on any atom is 0.277 e. The van der Waals surface area contributed by atoms with Crippen molar-refractivity contribution in [1.82, 2.24) is 9.88 Å². The van der Waals surface area contributed by atoms with Crippen LogP contribution in [0.4, 0.5) is 16.5 Å². The Morgan fingerprint density at radius 1 is 0.970 bits per heavy atom. The fraction of sp³-hybridized carbons (Fsp3) is 0.364. The van der Waals surface area contributed by atoms with Crippen LogP contribution in [0, 0.1) is 20.2 Å². The largest absolute Gasteiger partial charge is 0.302 e. The number of hydrogen-bond donors (Lipinski definition) is 0. The van der Waals surface area contributed by atoms with Crippen molar-refractivity contribution in [3.8, 4) is 0 Å². The number of non-ortho nitro benzene ring substituents is 2. The normalized spacial score (nSPS) is 11.2. The van der Waals surface area contributed by atoms with Gasteiger partial charge in [-0.15, -0.1) is 0 Å². The number of fused-ring (bicyclic) bond motifs is 1. The van der Waals surface area contributed by atoms with Crippen LogP contribution in [0.5, 0.6) is 0 Å². The number of carbonyl (C=O) groups is 1. The van der Waals surface area contributed by atoms with Crippen LogP contribution in [-0.2, 0) is 6.42 Å². The van der Waals surface area contributed by atoms with E-state index >= 15 is 0 Å². The van der Waals surface area contributed by atoms with Crippen LogP contribution in [0.25, 0.3) is 10.2 Å². The first-order valence-electron chi connectivity index (χ1n) is 10.6. The average Bonchev–Trinajstić information content (AvgIpc) is 3.23. The third kappa shape index (κ3) is 5.49. The summed E-state index contributed by atoms with van der Waals surface area (Å²) in [5.74, 6) is -0.566. The molecule has 3 aromatic rings. The van der Waals surface area contributed by atoms with Crippen LogP contribution >= 0.6 is 11.3 Å². The molecule has 0 N–H and O–H groups in total. The number of thiazole rings is 1. The summed E-state index contributed by atoms with van der Waals surface area (Å²) in [6.07, 6.45) is 0.866. The summed E-state index contributed by atoms with van der Waals surface area (Å²) in [5.41, 5.74) is 0.760. The Labute approximate surface area is 194 Å². The smallest absolute Gasteiger partial charge is 0.277 e. The second-order valence-electron chi connectivity index (χ2n) is 7.39. The van der Waals surface area contributed by atoms with Crippen molar-refractivity contribution in [2.45, 2.75) is 27.2 Å². The summed E-state index contributed by atoms with van der Waals surface area (Å²) in [5, 5.41) is 23.1. The van der Waals surface area contributed by atoms with Crippen LogP contribution < -0.4 is 4.90 Å². The molecule has 0 saturated heterocycles. The van der Waals surface area contributed by atoms with Gasteiger partial charge < -0.3 is 4.90 Å². The number of likely N-dealkylation sites (N-methyl/N-ethyl adjacent to an activating group) is 1. The van der Waals surface area contributed by atoms with Crippen molar-refractivity contribution in [3.63, 3.8) is 0 Å². The Kier molecular flexibility index (Phi) is 7.67. The van der Waals surface area contributed by atoms with Crippen molar-refractivity contribution in [2.24, 2.45) is 0 Å². The van der Waals surface area contributed by atoms with Gasteiger partial charge in [0, 0.05) is 25.2 Å². The minimum absolute atomic E-state index is 0.121. The van der Waals surface area contributed by atoms with Crippen LogP contribution in [0.2, 0.25) is 0 Å². The Balaban J connectivity index is 2.06. The number of aromatic nitrogens is 1. The highest BCUT2D eigenvalue weighted by Crippen LogP contribution is 2.32. The van der Waals surface area contributed by atoms with Crippen LogP contribution in [0.15, 0.2) is 36.4 Å². The number of anilines is 1. The van der Waals surface area contributed by atoms with E-state index < -0.39 is 27.1 Å². The molecule has 10 nitrogen and oxygen atoms in total. The number of aryl methyl sites for hydroxylation is 1. The van der Waals surface area contributed by atoms with E-state index in [4.69, 9.17) is 0 Å². The number of hydrogen-bond acceptors (Lipinski definition) is 8. The van der Waals surface area contributed by atoms with E-state index in [2.05, 4.69) is 16.8 Å². The zero-order valence-corrected chi connectivity index (χ0v) is 19.5. The molecule has 11 heteroatoms. The van der Waals surface area contributed by atoms with Gasteiger partial charge in [-0.3, -0.25) is 29.9 Å². The van der Waals surface area contributed by atoms with Crippen LogP contribution in [-0.4, -0.2) is 51.8 Å². The lowest BCUT2D eigenvalue weighted by Gasteiger charge is -2.24. The van der Waals surface area contributed by atoms with Crippen molar-refractivity contribution in [3.05, 3.63) is 67.8 Å². The second kappa shape index (κ2) is 10.5. The first kappa shape index (κ1) is 24.2. The van der Waals surface area contributed by atoms with Gasteiger partial charge in [-0.05, 0) is 37.2 Å². The van der Waals surface area contributed by atoms with E-state index in [-0.39, 0.29) is 12.1 Å². The van der Waals surface area contributed by atoms with Gasteiger partial charge in [0.1, 0.15) is 0 Å². The van der Waals surface area contributed by atoms with Crippen LogP contribution in [0.1, 0.15) is 36.7 Å². The predicted octanol–water partition coefficient (Wildman–Crippen LogP) is 4.66. The van der Waals surface area contributed by atoms with Gasteiger partial charge in [0.15, 0.2) is 5.13 Å². The lowest BCUT2D eigenvalue weighted by Crippen LogP contribution is -2.38. The lowest BCUT2D eigenvalue weighted by molar-refractivity contribution is -0.394. The highest BCUT2D eigenvalue weighted by Gasteiger charge is 2.26. The fourth-order valence-electron chi connectivity index (χ4n) is 3.44. The highest BCUT2D eigenvalue weighted by molar-refractivity contribution is 7.22. The summed E-state index contributed by atoms with van der Waals surface area (Å²) >= 11 is 1.35. The van der Waals surface area contributed by atoms with Gasteiger partial charge in [0.25, 0.3) is 17.3 Å². The molecule has 3 rings (SSSR count). The van der Waals surface area contributed by atoms with Gasteiger partial charge >= 0.3 is 0 Å². The molecule has 174 valence electrons. The maximum absolute atomic E-state index is 13.5. The topological polar surface area (TPSA) is 123 Å². The molecule has 33 heavy (non-hydrogen) atoms. The molecular weight excluding hydrogens is 446 g/mol. The first-order valence-corrected chi connectivity index (χ1v) is 11.5. The number of nitro benzene ring substituents is 2. The Bertz CT molecular complexity index is 1160. The lowest BCUT2D eigenvalue weighted by atomic mass is 10.1. The first-order chi connectivity index (χ1) is 15.8. The molecule has 0 spiro atoms. The number of rotatable bonds is 10. The summed E-state index contributed by atoms with van der Waals surface area (Å²) in [6, 6.07) is 8.91. The highest BCUT2D eigenvalue weighted by atomic mass is 32.1. The van der Waals surface area contributed by atoms with Gasteiger partial charge in [-0.1, -0.05) is 38.2 Å². The average molecular weight is 472 g/mol. The SMILES string of the molecule is CCc1ccc2nc(N(CCN(CC)CC)C(=O)c3cc([N+](=O)[O-])cc([N+](=O)[O-])c3)sc2c1. The van der Waals surface area contributed by atoms with E-state index in [1.165, 1.54) is 16.2 Å². The predicted molar refractivity (Wildman–Crippen MR) is 128 cm³/mol. The molecule has 0 saturated carbocycles. The molecule has 0 atom stereocenters. The molecule has 2 aromatic carbocycles. The van der Waals surface area contributed by atoms with Crippen molar-refractivity contribution >= 4 is 44.0 Å². The standard InChI is InChI=1S/C22H25N5O5S/c1-4-15-7-8-19-20(11-15)33-22(23-19)25(10-9-24(5-2)6-3)21(28)16-12-17(26(29)30)14-18(13-16)27(31)32/h7-8,11-14H,4-6,9-10H2,1-3H3. The molecular formula is C22H25N5O5S. The molecule has 0 aliphatic rings. The van der Waals surface area contributed by atoms with E-state index in [1.54, 1.807) is 0 Å². The molecule has 1 amide bonds. The Hall–Kier alpha value is -3.44. The summed E-state index contributed by atoms with van der Waals surface area (Å²) in [6.45, 7) is 8.52. The number of nitrogens with zero attached hydrogens (tertiary/aromatic N) is 5. The Morgan fingerprint density at radius 3 is 2.15 bits per heavy atom. The third-order valence-electron chi connectivity index (χ3n) is 5.43. The molecule has 0 fully saturated rings. The van der Waals surface area contributed by atoms with E-state index in [9.17, 15) is 25.0 Å². The number of benzene rings is 2.